The molecule has 0 aromatic rings. The quantitative estimate of drug-likeness (QED) is 0.761. The van der Waals surface area contributed by atoms with E-state index in [-0.39, 0.29) is 0 Å². The van der Waals surface area contributed by atoms with Gasteiger partial charge in [-0.1, -0.05) is 13.3 Å². The molecular formula is C11H24N2S. The van der Waals surface area contributed by atoms with Crippen molar-refractivity contribution in [2.24, 2.45) is 5.73 Å². The van der Waals surface area contributed by atoms with Crippen molar-refractivity contribution in [3.8, 4) is 0 Å². The minimum Gasteiger partial charge on any atom is -0.328 e. The van der Waals surface area contributed by atoms with E-state index in [0.717, 1.165) is 0 Å². The number of rotatable bonds is 5. The Morgan fingerprint density at radius 2 is 2.14 bits per heavy atom. The first-order valence-electron chi connectivity index (χ1n) is 5.88. The third-order valence-corrected chi connectivity index (χ3v) is 3.84. The van der Waals surface area contributed by atoms with Crippen LogP contribution in [0.3, 0.4) is 0 Å². The maximum absolute atomic E-state index is 6.01. The molecule has 0 amide bonds. The SMILES string of the molecule is CCCC(N)CCN1CCCSCC1. The summed E-state index contributed by atoms with van der Waals surface area (Å²) in [6.07, 6.45) is 4.94. The maximum Gasteiger partial charge on any atom is 0.00724 e. The minimum absolute atomic E-state index is 0.427. The Morgan fingerprint density at radius 3 is 2.93 bits per heavy atom. The second-order valence-corrected chi connectivity index (χ2v) is 5.37. The molecular weight excluding hydrogens is 192 g/mol. The van der Waals surface area contributed by atoms with Crippen LogP contribution in [0, 0.1) is 0 Å². The highest BCUT2D eigenvalue weighted by atomic mass is 32.2. The Labute approximate surface area is 92.6 Å². The number of nitrogens with zero attached hydrogens (tertiary/aromatic N) is 1. The second-order valence-electron chi connectivity index (χ2n) is 4.14. The molecule has 1 saturated heterocycles. The third kappa shape index (κ3) is 5.23. The van der Waals surface area contributed by atoms with Crippen LogP contribution in [0.15, 0.2) is 0 Å². The zero-order valence-electron chi connectivity index (χ0n) is 9.37. The van der Waals surface area contributed by atoms with Gasteiger partial charge in [-0.15, -0.1) is 0 Å². The maximum atomic E-state index is 6.01. The van der Waals surface area contributed by atoms with Gasteiger partial charge in [0.15, 0.2) is 0 Å². The molecule has 0 bridgehead atoms. The van der Waals surface area contributed by atoms with Crippen LogP contribution < -0.4 is 5.73 Å². The van der Waals surface area contributed by atoms with E-state index in [2.05, 4.69) is 23.6 Å². The van der Waals surface area contributed by atoms with Crippen LogP contribution in [0.1, 0.15) is 32.6 Å². The average Bonchev–Trinajstić information content (AvgIpc) is 2.43. The Hall–Kier alpha value is 0.270. The van der Waals surface area contributed by atoms with Gasteiger partial charge in [0.05, 0.1) is 0 Å². The molecule has 0 aromatic carbocycles. The molecule has 3 heteroatoms. The second kappa shape index (κ2) is 7.55. The molecule has 84 valence electrons. The van der Waals surface area contributed by atoms with E-state index in [9.17, 15) is 0 Å². The Kier molecular flexibility index (Phi) is 6.65. The van der Waals surface area contributed by atoms with Crippen LogP contribution >= 0.6 is 11.8 Å². The third-order valence-electron chi connectivity index (χ3n) is 2.79. The number of hydrogen-bond donors (Lipinski definition) is 1. The van der Waals surface area contributed by atoms with Gasteiger partial charge in [-0.2, -0.15) is 11.8 Å². The number of hydrogen-bond acceptors (Lipinski definition) is 3. The molecule has 0 radical (unpaired) electrons. The van der Waals surface area contributed by atoms with Crippen LogP contribution in [0.25, 0.3) is 0 Å². The monoisotopic (exact) mass is 216 g/mol. The fourth-order valence-corrected chi connectivity index (χ4v) is 2.81. The molecule has 0 aromatic heterocycles. The molecule has 1 unspecified atom stereocenters. The summed E-state index contributed by atoms with van der Waals surface area (Å²) in [5.74, 6) is 2.65. The summed E-state index contributed by atoms with van der Waals surface area (Å²) in [6, 6.07) is 0.427. The highest BCUT2D eigenvalue weighted by Gasteiger charge is 2.10. The van der Waals surface area contributed by atoms with Gasteiger partial charge in [-0.25, -0.2) is 0 Å². The van der Waals surface area contributed by atoms with Crippen molar-refractivity contribution in [2.45, 2.75) is 38.6 Å². The van der Waals surface area contributed by atoms with Gasteiger partial charge >= 0.3 is 0 Å². The molecule has 1 aliphatic heterocycles. The van der Waals surface area contributed by atoms with Crippen molar-refractivity contribution in [2.75, 3.05) is 31.1 Å². The van der Waals surface area contributed by atoms with Crippen LogP contribution in [-0.4, -0.2) is 42.1 Å². The van der Waals surface area contributed by atoms with Gasteiger partial charge in [-0.3, -0.25) is 0 Å². The van der Waals surface area contributed by atoms with Gasteiger partial charge in [0.2, 0.25) is 0 Å². The Bertz CT molecular complexity index is 133. The van der Waals surface area contributed by atoms with E-state index < -0.39 is 0 Å². The van der Waals surface area contributed by atoms with Crippen LogP contribution in [-0.2, 0) is 0 Å². The zero-order chi connectivity index (χ0) is 10.2. The minimum atomic E-state index is 0.427. The van der Waals surface area contributed by atoms with E-state index in [4.69, 9.17) is 5.73 Å². The van der Waals surface area contributed by atoms with Crippen LogP contribution in [0.2, 0.25) is 0 Å². The molecule has 0 aliphatic carbocycles. The van der Waals surface area contributed by atoms with Crippen molar-refractivity contribution in [3.05, 3.63) is 0 Å². The fourth-order valence-electron chi connectivity index (χ4n) is 1.88. The number of nitrogens with two attached hydrogens (primary N) is 1. The molecule has 1 heterocycles. The predicted octanol–water partition coefficient (Wildman–Crippen LogP) is 1.94. The van der Waals surface area contributed by atoms with Crippen molar-refractivity contribution in [1.82, 2.24) is 4.90 Å². The molecule has 0 saturated carbocycles. The lowest BCUT2D eigenvalue weighted by Crippen LogP contribution is -2.32. The van der Waals surface area contributed by atoms with Crippen molar-refractivity contribution >= 4 is 11.8 Å². The first kappa shape index (κ1) is 12.3. The molecule has 1 aliphatic rings. The van der Waals surface area contributed by atoms with Gasteiger partial charge in [0.1, 0.15) is 0 Å². The molecule has 1 fully saturated rings. The standard InChI is InChI=1S/C11H24N2S/c1-2-4-11(12)5-7-13-6-3-9-14-10-8-13/h11H,2-10,12H2,1H3. The van der Waals surface area contributed by atoms with E-state index in [1.807, 2.05) is 0 Å². The van der Waals surface area contributed by atoms with Gasteiger partial charge < -0.3 is 10.6 Å². The summed E-state index contributed by atoms with van der Waals surface area (Å²) in [6.45, 7) is 5.97. The van der Waals surface area contributed by atoms with Crippen LogP contribution in [0.4, 0.5) is 0 Å². The summed E-state index contributed by atoms with van der Waals surface area (Å²) >= 11 is 2.09. The van der Waals surface area contributed by atoms with E-state index >= 15 is 0 Å². The molecule has 2 nitrogen and oxygen atoms in total. The highest BCUT2D eigenvalue weighted by molar-refractivity contribution is 7.99. The molecule has 2 N–H and O–H groups in total. The van der Waals surface area contributed by atoms with Gasteiger partial charge in [0, 0.05) is 18.3 Å². The smallest absolute Gasteiger partial charge is 0.00724 e. The molecule has 14 heavy (non-hydrogen) atoms. The lowest BCUT2D eigenvalue weighted by atomic mass is 10.1. The van der Waals surface area contributed by atoms with E-state index in [0.29, 0.717) is 6.04 Å². The lowest BCUT2D eigenvalue weighted by molar-refractivity contribution is 0.280. The number of thioether (sulfide) groups is 1. The molecule has 0 spiro atoms. The van der Waals surface area contributed by atoms with Crippen molar-refractivity contribution < 1.29 is 0 Å². The first-order chi connectivity index (χ1) is 6.83. The Balaban J connectivity index is 2.09. The summed E-state index contributed by atoms with van der Waals surface area (Å²) in [5, 5.41) is 0. The largest absolute Gasteiger partial charge is 0.328 e. The Morgan fingerprint density at radius 1 is 1.29 bits per heavy atom. The molecule has 1 rings (SSSR count). The zero-order valence-corrected chi connectivity index (χ0v) is 10.2. The lowest BCUT2D eigenvalue weighted by Gasteiger charge is -2.21. The molecule has 1 atom stereocenters. The van der Waals surface area contributed by atoms with Crippen molar-refractivity contribution in [3.63, 3.8) is 0 Å². The topological polar surface area (TPSA) is 29.3 Å². The summed E-state index contributed by atoms with van der Waals surface area (Å²) in [4.78, 5) is 2.58. The van der Waals surface area contributed by atoms with Gasteiger partial charge in [0.25, 0.3) is 0 Å². The fraction of sp³-hybridized carbons (Fsp3) is 1.00. The first-order valence-corrected chi connectivity index (χ1v) is 7.04. The van der Waals surface area contributed by atoms with Crippen molar-refractivity contribution in [1.29, 1.82) is 0 Å². The van der Waals surface area contributed by atoms with Gasteiger partial charge in [-0.05, 0) is 38.1 Å². The summed E-state index contributed by atoms with van der Waals surface area (Å²) < 4.78 is 0. The highest BCUT2D eigenvalue weighted by Crippen LogP contribution is 2.10. The van der Waals surface area contributed by atoms with Crippen LogP contribution in [0.5, 0.6) is 0 Å². The predicted molar refractivity (Wildman–Crippen MR) is 65.9 cm³/mol. The normalized spacial score (nSPS) is 21.9. The van der Waals surface area contributed by atoms with E-state index in [1.165, 1.54) is 56.8 Å². The van der Waals surface area contributed by atoms with E-state index in [1.54, 1.807) is 0 Å². The average molecular weight is 216 g/mol. The summed E-state index contributed by atoms with van der Waals surface area (Å²) in [5.41, 5.74) is 6.01. The summed E-state index contributed by atoms with van der Waals surface area (Å²) in [7, 11) is 0.